The summed E-state index contributed by atoms with van der Waals surface area (Å²) in [5.41, 5.74) is 0.379. The van der Waals surface area contributed by atoms with Gasteiger partial charge in [0.15, 0.2) is 0 Å². The van der Waals surface area contributed by atoms with Gasteiger partial charge in [-0.2, -0.15) is 0 Å². The molecule has 3 rings (SSSR count). The van der Waals surface area contributed by atoms with E-state index < -0.39 is 0 Å². The lowest BCUT2D eigenvalue weighted by molar-refractivity contribution is -0.128. The Bertz CT molecular complexity index is 349. The van der Waals surface area contributed by atoms with Gasteiger partial charge < -0.3 is 0 Å². The van der Waals surface area contributed by atoms with Gasteiger partial charge in [0.1, 0.15) is 5.78 Å². The fourth-order valence-electron chi connectivity index (χ4n) is 4.73. The molecule has 2 saturated carbocycles. The summed E-state index contributed by atoms with van der Waals surface area (Å²) in [7, 11) is 0. The molecule has 2 nitrogen and oxygen atoms in total. The van der Waals surface area contributed by atoms with Crippen LogP contribution in [0.2, 0.25) is 0 Å². The first-order valence-corrected chi connectivity index (χ1v) is 8.32. The van der Waals surface area contributed by atoms with E-state index in [-0.39, 0.29) is 0 Å². The van der Waals surface area contributed by atoms with E-state index in [1.165, 1.54) is 38.6 Å². The Hall–Kier alpha value is -0.370. The Morgan fingerprint density at radius 2 is 2.00 bits per heavy atom. The Labute approximate surface area is 117 Å². The zero-order valence-electron chi connectivity index (χ0n) is 12.7. The normalized spacial score (nSPS) is 39.3. The summed E-state index contributed by atoms with van der Waals surface area (Å²) in [5, 5.41) is 0. The Balaban J connectivity index is 1.62. The number of carbonyl (C=O) groups excluding carboxylic acids is 1. The molecule has 3 aliphatic rings. The molecule has 2 heteroatoms. The lowest BCUT2D eigenvalue weighted by atomic mass is 9.71. The van der Waals surface area contributed by atoms with E-state index in [1.807, 2.05) is 0 Å². The molecule has 1 saturated heterocycles. The minimum atomic E-state index is 0.324. The van der Waals surface area contributed by atoms with E-state index in [9.17, 15) is 4.79 Å². The van der Waals surface area contributed by atoms with Gasteiger partial charge >= 0.3 is 0 Å². The fraction of sp³-hybridized carbons (Fsp3) is 0.941. The fourth-order valence-corrected chi connectivity index (χ4v) is 4.73. The van der Waals surface area contributed by atoms with E-state index in [0.717, 1.165) is 37.8 Å². The summed E-state index contributed by atoms with van der Waals surface area (Å²) in [4.78, 5) is 14.9. The quantitative estimate of drug-likeness (QED) is 0.758. The lowest BCUT2D eigenvalue weighted by Crippen LogP contribution is -2.42. The van der Waals surface area contributed by atoms with E-state index in [0.29, 0.717) is 17.1 Å². The number of hydrogen-bond acceptors (Lipinski definition) is 2. The van der Waals surface area contributed by atoms with Crippen LogP contribution in [0.1, 0.15) is 65.2 Å². The van der Waals surface area contributed by atoms with Crippen LogP contribution in [0.3, 0.4) is 0 Å². The predicted octanol–water partition coefficient (Wildman–Crippen LogP) is 3.65. The van der Waals surface area contributed by atoms with Crippen LogP contribution in [-0.4, -0.2) is 29.8 Å². The van der Waals surface area contributed by atoms with Gasteiger partial charge in [-0.25, -0.2) is 0 Å². The number of carbonyl (C=O) groups is 1. The third-order valence-corrected chi connectivity index (χ3v) is 5.88. The molecule has 108 valence electrons. The van der Waals surface area contributed by atoms with Gasteiger partial charge in [0.25, 0.3) is 0 Å². The largest absolute Gasteiger partial charge is 0.299 e. The van der Waals surface area contributed by atoms with Gasteiger partial charge in [-0.15, -0.1) is 0 Å². The minimum Gasteiger partial charge on any atom is -0.299 e. The molecule has 0 N–H and O–H groups in total. The van der Waals surface area contributed by atoms with Crippen LogP contribution in [0.4, 0.5) is 0 Å². The first-order chi connectivity index (χ1) is 9.05. The van der Waals surface area contributed by atoms with Crippen molar-refractivity contribution >= 4 is 5.78 Å². The standard InChI is InChI=1S/C17H29NO/c1-17(2)9-7-16(19)14(11-17)12-18-10-8-13-5-3-4-6-15(13)18/h13-15H,3-12H2,1-2H3. The molecular weight excluding hydrogens is 234 g/mol. The zero-order valence-corrected chi connectivity index (χ0v) is 12.7. The summed E-state index contributed by atoms with van der Waals surface area (Å²) >= 11 is 0. The highest BCUT2D eigenvalue weighted by molar-refractivity contribution is 5.82. The molecule has 3 atom stereocenters. The second-order valence-electron chi connectivity index (χ2n) is 7.93. The molecule has 3 fully saturated rings. The molecule has 1 aliphatic heterocycles. The summed E-state index contributed by atoms with van der Waals surface area (Å²) in [6.07, 6.45) is 10.1. The number of rotatable bonds is 2. The van der Waals surface area contributed by atoms with Crippen molar-refractivity contribution in [1.29, 1.82) is 0 Å². The van der Waals surface area contributed by atoms with E-state index in [2.05, 4.69) is 18.7 Å². The second-order valence-corrected chi connectivity index (χ2v) is 7.93. The van der Waals surface area contributed by atoms with Crippen molar-refractivity contribution in [2.45, 2.75) is 71.3 Å². The van der Waals surface area contributed by atoms with Crippen LogP contribution < -0.4 is 0 Å². The van der Waals surface area contributed by atoms with Crippen molar-refractivity contribution in [3.63, 3.8) is 0 Å². The molecule has 0 aromatic carbocycles. The van der Waals surface area contributed by atoms with Crippen molar-refractivity contribution in [2.75, 3.05) is 13.1 Å². The van der Waals surface area contributed by atoms with Crippen molar-refractivity contribution < 1.29 is 4.79 Å². The highest BCUT2D eigenvalue weighted by Crippen LogP contribution is 2.40. The molecule has 3 unspecified atom stereocenters. The Morgan fingerprint density at radius 1 is 1.21 bits per heavy atom. The van der Waals surface area contributed by atoms with Gasteiger partial charge in [-0.1, -0.05) is 26.7 Å². The molecule has 0 bridgehead atoms. The molecular formula is C17H29NO. The highest BCUT2D eigenvalue weighted by atomic mass is 16.1. The van der Waals surface area contributed by atoms with Crippen LogP contribution >= 0.6 is 0 Å². The number of hydrogen-bond donors (Lipinski definition) is 0. The molecule has 0 amide bonds. The average Bonchev–Trinajstić information content (AvgIpc) is 2.77. The SMILES string of the molecule is CC1(C)CCC(=O)C(CN2CCC3CCCCC32)C1. The van der Waals surface area contributed by atoms with E-state index in [1.54, 1.807) is 0 Å². The number of ketones is 1. The van der Waals surface area contributed by atoms with Crippen LogP contribution in [0, 0.1) is 17.3 Å². The third kappa shape index (κ3) is 2.89. The molecule has 0 aromatic heterocycles. The number of Topliss-reactive ketones (excluding diaryl/α,β-unsaturated/α-hetero) is 1. The molecule has 19 heavy (non-hydrogen) atoms. The number of likely N-dealkylation sites (tertiary alicyclic amines) is 1. The van der Waals surface area contributed by atoms with Crippen molar-refractivity contribution in [3.8, 4) is 0 Å². The predicted molar refractivity (Wildman–Crippen MR) is 78.1 cm³/mol. The second kappa shape index (κ2) is 5.20. The lowest BCUT2D eigenvalue weighted by Gasteiger charge is -2.38. The van der Waals surface area contributed by atoms with Gasteiger partial charge in [0.05, 0.1) is 0 Å². The van der Waals surface area contributed by atoms with Gasteiger partial charge in [-0.3, -0.25) is 9.69 Å². The Kier molecular flexibility index (Phi) is 3.72. The van der Waals surface area contributed by atoms with Crippen LogP contribution in [0.5, 0.6) is 0 Å². The van der Waals surface area contributed by atoms with Crippen molar-refractivity contribution in [2.24, 2.45) is 17.3 Å². The first-order valence-electron chi connectivity index (χ1n) is 8.32. The highest BCUT2D eigenvalue weighted by Gasteiger charge is 2.40. The number of fused-ring (bicyclic) bond motifs is 1. The van der Waals surface area contributed by atoms with Gasteiger partial charge in [0, 0.05) is 24.9 Å². The maximum atomic E-state index is 12.2. The third-order valence-electron chi connectivity index (χ3n) is 5.88. The molecule has 0 aromatic rings. The van der Waals surface area contributed by atoms with Crippen LogP contribution in [0.25, 0.3) is 0 Å². The summed E-state index contributed by atoms with van der Waals surface area (Å²) in [6, 6.07) is 0.812. The van der Waals surface area contributed by atoms with E-state index >= 15 is 0 Å². The number of nitrogens with zero attached hydrogens (tertiary/aromatic N) is 1. The maximum absolute atomic E-state index is 12.2. The smallest absolute Gasteiger partial charge is 0.137 e. The minimum absolute atomic E-state index is 0.324. The van der Waals surface area contributed by atoms with Crippen LogP contribution in [0.15, 0.2) is 0 Å². The first kappa shape index (κ1) is 13.6. The van der Waals surface area contributed by atoms with Crippen molar-refractivity contribution in [3.05, 3.63) is 0 Å². The average molecular weight is 263 g/mol. The maximum Gasteiger partial charge on any atom is 0.137 e. The van der Waals surface area contributed by atoms with E-state index in [4.69, 9.17) is 0 Å². The summed E-state index contributed by atoms with van der Waals surface area (Å²) in [6.45, 7) is 6.97. The van der Waals surface area contributed by atoms with Crippen molar-refractivity contribution in [1.82, 2.24) is 4.90 Å². The topological polar surface area (TPSA) is 20.3 Å². The van der Waals surface area contributed by atoms with Crippen LogP contribution in [-0.2, 0) is 4.79 Å². The Morgan fingerprint density at radius 3 is 2.84 bits per heavy atom. The van der Waals surface area contributed by atoms with Gasteiger partial charge in [0.2, 0.25) is 0 Å². The monoisotopic (exact) mass is 263 g/mol. The molecule has 0 spiro atoms. The van der Waals surface area contributed by atoms with Gasteiger partial charge in [-0.05, 0) is 50.0 Å². The summed E-state index contributed by atoms with van der Waals surface area (Å²) in [5.74, 6) is 1.81. The zero-order chi connectivity index (χ0) is 13.5. The molecule has 0 radical (unpaired) electrons. The summed E-state index contributed by atoms with van der Waals surface area (Å²) < 4.78 is 0. The molecule has 2 aliphatic carbocycles. The molecule has 1 heterocycles.